The van der Waals surface area contributed by atoms with Crippen molar-refractivity contribution in [1.29, 1.82) is 0 Å². The number of carbonyl (C=O) groups excluding carboxylic acids is 1. The van der Waals surface area contributed by atoms with Gasteiger partial charge >= 0.3 is 5.97 Å². The summed E-state index contributed by atoms with van der Waals surface area (Å²) in [7, 11) is 0. The van der Waals surface area contributed by atoms with Gasteiger partial charge in [-0.2, -0.15) is 0 Å². The molecule has 0 spiro atoms. The van der Waals surface area contributed by atoms with Gasteiger partial charge in [0.25, 0.3) is 11.4 Å². The lowest BCUT2D eigenvalue weighted by atomic mass is 10.0. The van der Waals surface area contributed by atoms with Crippen molar-refractivity contribution in [1.82, 2.24) is 0 Å². The maximum absolute atomic E-state index is 11.7. The Balaban J connectivity index is 2.77. The highest BCUT2D eigenvalue weighted by Crippen LogP contribution is 2.35. The zero-order valence-corrected chi connectivity index (χ0v) is 11.3. The molecule has 0 bridgehead atoms. The molecule has 0 aliphatic rings. The summed E-state index contributed by atoms with van der Waals surface area (Å²) in [4.78, 5) is 32.0. The number of rotatable bonds is 4. The van der Waals surface area contributed by atoms with Crippen LogP contribution < -0.4 is 0 Å². The second kappa shape index (κ2) is 5.64. The van der Waals surface area contributed by atoms with E-state index in [1.54, 1.807) is 6.92 Å². The molecule has 2 aromatic rings. The molecule has 0 radical (unpaired) electrons. The third-order valence-corrected chi connectivity index (χ3v) is 2.93. The number of ether oxygens (including phenoxy) is 1. The van der Waals surface area contributed by atoms with Crippen molar-refractivity contribution in [2.45, 2.75) is 6.92 Å². The van der Waals surface area contributed by atoms with Crippen LogP contribution in [0.2, 0.25) is 0 Å². The summed E-state index contributed by atoms with van der Waals surface area (Å²) < 4.78 is 4.75. The fraction of sp³-hybridized carbons (Fsp3) is 0.154. The van der Waals surface area contributed by atoms with Crippen molar-refractivity contribution >= 4 is 28.1 Å². The van der Waals surface area contributed by atoms with Crippen molar-refractivity contribution in [3.8, 4) is 5.75 Å². The number of benzene rings is 2. The van der Waals surface area contributed by atoms with Crippen LogP contribution in [0.1, 0.15) is 17.3 Å². The molecule has 2 rings (SSSR count). The van der Waals surface area contributed by atoms with Gasteiger partial charge in [0.15, 0.2) is 0 Å². The monoisotopic (exact) mass is 306 g/mol. The zero-order valence-electron chi connectivity index (χ0n) is 11.3. The zero-order chi connectivity index (χ0) is 16.4. The fourth-order valence-electron chi connectivity index (χ4n) is 1.99. The van der Waals surface area contributed by atoms with Crippen LogP contribution in [0, 0.1) is 20.2 Å². The summed E-state index contributed by atoms with van der Waals surface area (Å²) in [6.07, 6.45) is 0. The summed E-state index contributed by atoms with van der Waals surface area (Å²) in [5.41, 5.74) is -1.24. The number of esters is 1. The van der Waals surface area contributed by atoms with Gasteiger partial charge in [-0.3, -0.25) is 20.2 Å². The number of nitro groups is 2. The molecule has 0 aliphatic heterocycles. The van der Waals surface area contributed by atoms with Gasteiger partial charge in [-0.1, -0.05) is 0 Å². The first-order valence-corrected chi connectivity index (χ1v) is 6.11. The normalized spacial score (nSPS) is 10.4. The average molecular weight is 306 g/mol. The maximum atomic E-state index is 11.7. The molecular weight excluding hydrogens is 296 g/mol. The minimum Gasteiger partial charge on any atom is -0.507 e. The Kier molecular flexibility index (Phi) is 3.89. The molecule has 22 heavy (non-hydrogen) atoms. The predicted molar refractivity (Wildman–Crippen MR) is 74.9 cm³/mol. The SMILES string of the molecule is CCOC(=O)c1cc2cc([N+](=O)[O-])cc([N+](=O)[O-])c2cc1O. The molecule has 2 aromatic carbocycles. The van der Waals surface area contributed by atoms with Crippen LogP contribution >= 0.6 is 0 Å². The van der Waals surface area contributed by atoms with Crippen LogP contribution in [0.3, 0.4) is 0 Å². The second-order valence-corrected chi connectivity index (χ2v) is 4.29. The molecule has 0 amide bonds. The first kappa shape index (κ1) is 15.2. The number of nitrogens with zero attached hydrogens (tertiary/aromatic N) is 2. The molecule has 0 atom stereocenters. The molecule has 0 unspecified atom stereocenters. The molecule has 0 heterocycles. The van der Waals surface area contributed by atoms with Crippen LogP contribution in [0.4, 0.5) is 11.4 Å². The number of hydrogen-bond acceptors (Lipinski definition) is 7. The number of nitro benzene ring substituents is 2. The minimum atomic E-state index is -0.823. The largest absolute Gasteiger partial charge is 0.507 e. The van der Waals surface area contributed by atoms with Crippen LogP contribution in [-0.4, -0.2) is 27.5 Å². The molecule has 9 nitrogen and oxygen atoms in total. The number of carbonyl (C=O) groups is 1. The highest BCUT2D eigenvalue weighted by molar-refractivity contribution is 6.02. The summed E-state index contributed by atoms with van der Waals surface area (Å²) >= 11 is 0. The standard InChI is InChI=1S/C13H10N2O7/c1-2-22-13(17)10-4-7-3-8(14(18)19)5-11(15(20)21)9(7)6-12(10)16/h3-6,16H,2H2,1H3. The van der Waals surface area contributed by atoms with E-state index in [1.165, 1.54) is 0 Å². The Morgan fingerprint density at radius 1 is 1.18 bits per heavy atom. The summed E-state index contributed by atoms with van der Waals surface area (Å²) in [6, 6.07) is 4.03. The van der Waals surface area contributed by atoms with Gasteiger partial charge in [0.1, 0.15) is 11.3 Å². The van der Waals surface area contributed by atoms with E-state index < -0.39 is 32.9 Å². The Hall–Kier alpha value is -3.23. The molecular formula is C13H10N2O7. The van der Waals surface area contributed by atoms with E-state index in [0.717, 1.165) is 24.3 Å². The Labute approximate surface area is 123 Å². The molecule has 1 N–H and O–H groups in total. The molecule has 9 heteroatoms. The number of aromatic hydroxyl groups is 1. The Morgan fingerprint density at radius 3 is 2.41 bits per heavy atom. The van der Waals surface area contributed by atoms with E-state index in [2.05, 4.69) is 0 Å². The highest BCUT2D eigenvalue weighted by Gasteiger charge is 2.22. The third kappa shape index (κ3) is 2.64. The van der Waals surface area contributed by atoms with Crippen LogP contribution in [0.5, 0.6) is 5.75 Å². The van der Waals surface area contributed by atoms with Crippen molar-refractivity contribution in [2.75, 3.05) is 6.61 Å². The third-order valence-electron chi connectivity index (χ3n) is 2.93. The van der Waals surface area contributed by atoms with E-state index in [1.807, 2.05) is 0 Å². The van der Waals surface area contributed by atoms with Gasteiger partial charge in [0.2, 0.25) is 0 Å². The number of fused-ring (bicyclic) bond motifs is 1. The summed E-state index contributed by atoms with van der Waals surface area (Å²) in [5.74, 6) is -1.32. The topological polar surface area (TPSA) is 133 Å². The lowest BCUT2D eigenvalue weighted by molar-refractivity contribution is -0.393. The van der Waals surface area contributed by atoms with E-state index in [-0.39, 0.29) is 22.9 Å². The van der Waals surface area contributed by atoms with Crippen LogP contribution in [-0.2, 0) is 4.74 Å². The van der Waals surface area contributed by atoms with Crippen LogP contribution in [0.15, 0.2) is 24.3 Å². The first-order chi connectivity index (χ1) is 10.3. The second-order valence-electron chi connectivity index (χ2n) is 4.29. The lowest BCUT2D eigenvalue weighted by Gasteiger charge is -2.07. The number of hydrogen-bond donors (Lipinski definition) is 1. The van der Waals surface area contributed by atoms with Gasteiger partial charge in [-0.05, 0) is 24.4 Å². The Bertz CT molecular complexity index is 801. The smallest absolute Gasteiger partial charge is 0.341 e. The van der Waals surface area contributed by atoms with E-state index in [0.29, 0.717) is 0 Å². The molecule has 0 saturated heterocycles. The van der Waals surface area contributed by atoms with E-state index in [4.69, 9.17) is 4.74 Å². The summed E-state index contributed by atoms with van der Waals surface area (Å²) in [6.45, 7) is 1.65. The number of phenolic OH excluding ortho intramolecular Hbond substituents is 1. The van der Waals surface area contributed by atoms with Gasteiger partial charge < -0.3 is 9.84 Å². The summed E-state index contributed by atoms with van der Waals surface area (Å²) in [5, 5.41) is 31.8. The lowest BCUT2D eigenvalue weighted by Crippen LogP contribution is -2.05. The van der Waals surface area contributed by atoms with Crippen molar-refractivity contribution in [3.05, 3.63) is 50.1 Å². The minimum absolute atomic E-state index is 0.0128. The molecule has 114 valence electrons. The van der Waals surface area contributed by atoms with E-state index in [9.17, 15) is 30.1 Å². The molecule has 0 aromatic heterocycles. The number of phenols is 1. The fourth-order valence-corrected chi connectivity index (χ4v) is 1.99. The quantitative estimate of drug-likeness (QED) is 0.521. The molecule has 0 fully saturated rings. The number of non-ortho nitro benzene ring substituents is 2. The van der Waals surface area contributed by atoms with Crippen LogP contribution in [0.25, 0.3) is 10.8 Å². The van der Waals surface area contributed by atoms with Gasteiger partial charge in [-0.15, -0.1) is 0 Å². The van der Waals surface area contributed by atoms with Gasteiger partial charge in [0, 0.05) is 6.07 Å². The maximum Gasteiger partial charge on any atom is 0.341 e. The first-order valence-electron chi connectivity index (χ1n) is 6.11. The van der Waals surface area contributed by atoms with Crippen molar-refractivity contribution < 1.29 is 24.5 Å². The Morgan fingerprint density at radius 2 is 1.86 bits per heavy atom. The van der Waals surface area contributed by atoms with Gasteiger partial charge in [0.05, 0.1) is 27.9 Å². The van der Waals surface area contributed by atoms with Crippen molar-refractivity contribution in [2.24, 2.45) is 0 Å². The highest BCUT2D eigenvalue weighted by atomic mass is 16.6. The average Bonchev–Trinajstić information content (AvgIpc) is 2.45. The predicted octanol–water partition coefficient (Wildman–Crippen LogP) is 2.54. The van der Waals surface area contributed by atoms with E-state index >= 15 is 0 Å². The van der Waals surface area contributed by atoms with Gasteiger partial charge in [-0.25, -0.2) is 4.79 Å². The molecule has 0 saturated carbocycles. The van der Waals surface area contributed by atoms with Crippen molar-refractivity contribution in [3.63, 3.8) is 0 Å². The molecule has 0 aliphatic carbocycles.